The van der Waals surface area contributed by atoms with Crippen LogP contribution in [0.1, 0.15) is 32.8 Å². The van der Waals surface area contributed by atoms with Crippen molar-refractivity contribution in [2.45, 2.75) is 57.5 Å². The third-order valence-electron chi connectivity index (χ3n) is 4.37. The van der Waals surface area contributed by atoms with Crippen LogP contribution in [-0.2, 0) is 25.4 Å². The molecule has 0 bridgehead atoms. The summed E-state index contributed by atoms with van der Waals surface area (Å²) in [7, 11) is 0. The summed E-state index contributed by atoms with van der Waals surface area (Å²) in [5, 5.41) is 2.70. The van der Waals surface area contributed by atoms with E-state index >= 15 is 0 Å². The van der Waals surface area contributed by atoms with E-state index in [-0.39, 0.29) is 0 Å². The SMILES string of the molecule is CC(C)(C)OC(=O)[C@@H]1O[C@H]1[C@@H](CCc1ccccc1)OC(=O)Nc1ccccc1. The van der Waals surface area contributed by atoms with Crippen LogP contribution in [0.25, 0.3) is 0 Å². The van der Waals surface area contributed by atoms with Crippen molar-refractivity contribution >= 4 is 17.7 Å². The van der Waals surface area contributed by atoms with E-state index in [1.807, 2.05) is 48.5 Å². The number of esters is 1. The second kappa shape index (κ2) is 9.09. The van der Waals surface area contributed by atoms with Crippen LogP contribution in [0.2, 0.25) is 0 Å². The lowest BCUT2D eigenvalue weighted by molar-refractivity contribution is -0.156. The van der Waals surface area contributed by atoms with Crippen LogP contribution in [0.3, 0.4) is 0 Å². The van der Waals surface area contributed by atoms with Gasteiger partial charge in [-0.3, -0.25) is 5.32 Å². The summed E-state index contributed by atoms with van der Waals surface area (Å²) in [4.78, 5) is 24.7. The zero-order valence-electron chi connectivity index (χ0n) is 17.0. The van der Waals surface area contributed by atoms with Crippen LogP contribution < -0.4 is 5.32 Å². The molecule has 0 aromatic heterocycles. The first kappa shape index (κ1) is 20.9. The molecule has 0 radical (unpaired) electrons. The Morgan fingerprint density at radius 1 is 1.03 bits per heavy atom. The Morgan fingerprint density at radius 2 is 1.66 bits per heavy atom. The smallest absolute Gasteiger partial charge is 0.411 e. The summed E-state index contributed by atoms with van der Waals surface area (Å²) < 4.78 is 16.6. The van der Waals surface area contributed by atoms with Gasteiger partial charge >= 0.3 is 12.1 Å². The fourth-order valence-electron chi connectivity index (χ4n) is 3.01. The number of amides is 1. The molecule has 6 heteroatoms. The van der Waals surface area contributed by atoms with Gasteiger partial charge in [0.05, 0.1) is 0 Å². The summed E-state index contributed by atoms with van der Waals surface area (Å²) in [6.07, 6.45) is -1.11. The number of benzene rings is 2. The maximum absolute atomic E-state index is 12.4. The van der Waals surface area contributed by atoms with E-state index in [0.717, 1.165) is 5.56 Å². The molecule has 1 aliphatic rings. The Morgan fingerprint density at radius 3 is 2.28 bits per heavy atom. The number of aryl methyl sites for hydroxylation is 1. The van der Waals surface area contributed by atoms with E-state index in [1.54, 1.807) is 32.9 Å². The maximum Gasteiger partial charge on any atom is 0.411 e. The molecule has 0 saturated carbocycles. The van der Waals surface area contributed by atoms with Crippen molar-refractivity contribution in [3.63, 3.8) is 0 Å². The monoisotopic (exact) mass is 397 g/mol. The van der Waals surface area contributed by atoms with Crippen molar-refractivity contribution in [3.05, 3.63) is 66.2 Å². The normalized spacial score (nSPS) is 19.1. The van der Waals surface area contributed by atoms with Crippen molar-refractivity contribution in [3.8, 4) is 0 Å². The molecule has 1 heterocycles. The fraction of sp³-hybridized carbons (Fsp3) is 0.391. The van der Waals surface area contributed by atoms with Gasteiger partial charge in [0.25, 0.3) is 0 Å². The molecule has 2 aromatic carbocycles. The lowest BCUT2D eigenvalue weighted by Crippen LogP contribution is -2.32. The highest BCUT2D eigenvalue weighted by Crippen LogP contribution is 2.32. The third-order valence-corrected chi connectivity index (χ3v) is 4.37. The lowest BCUT2D eigenvalue weighted by atomic mass is 10.0. The minimum absolute atomic E-state index is 0.431. The number of hydrogen-bond acceptors (Lipinski definition) is 5. The molecule has 0 aliphatic carbocycles. The van der Waals surface area contributed by atoms with Crippen LogP contribution in [0.4, 0.5) is 10.5 Å². The van der Waals surface area contributed by atoms with E-state index in [9.17, 15) is 9.59 Å². The predicted molar refractivity (Wildman–Crippen MR) is 110 cm³/mol. The summed E-state index contributed by atoms with van der Waals surface area (Å²) >= 11 is 0. The largest absolute Gasteiger partial charge is 0.458 e. The van der Waals surface area contributed by atoms with Crippen LogP contribution in [0, 0.1) is 0 Å². The van der Waals surface area contributed by atoms with Crippen molar-refractivity contribution in [2.75, 3.05) is 5.32 Å². The van der Waals surface area contributed by atoms with E-state index in [4.69, 9.17) is 14.2 Å². The van der Waals surface area contributed by atoms with Crippen LogP contribution in [-0.4, -0.2) is 36.0 Å². The van der Waals surface area contributed by atoms with Gasteiger partial charge in [-0.25, -0.2) is 9.59 Å². The number of hydrogen-bond donors (Lipinski definition) is 1. The molecular formula is C23H27NO5. The zero-order chi connectivity index (χ0) is 20.9. The number of anilines is 1. The second-order valence-electron chi connectivity index (χ2n) is 8.01. The highest BCUT2D eigenvalue weighted by molar-refractivity contribution is 5.85. The average molecular weight is 397 g/mol. The van der Waals surface area contributed by atoms with Crippen molar-refractivity contribution in [1.29, 1.82) is 0 Å². The number of carbonyl (C=O) groups is 2. The molecule has 1 amide bonds. The lowest BCUT2D eigenvalue weighted by Gasteiger charge is -2.19. The molecule has 1 N–H and O–H groups in total. The van der Waals surface area contributed by atoms with E-state index in [0.29, 0.717) is 18.5 Å². The van der Waals surface area contributed by atoms with Gasteiger partial charge in [0.2, 0.25) is 0 Å². The number of nitrogens with one attached hydrogen (secondary N) is 1. The minimum atomic E-state index is -0.709. The Hall–Kier alpha value is -2.86. The van der Waals surface area contributed by atoms with Crippen molar-refractivity contribution < 1.29 is 23.8 Å². The zero-order valence-corrected chi connectivity index (χ0v) is 17.0. The molecule has 154 valence electrons. The first-order chi connectivity index (χ1) is 13.8. The van der Waals surface area contributed by atoms with Gasteiger partial charge in [0.15, 0.2) is 6.10 Å². The third kappa shape index (κ3) is 6.61. The summed E-state index contributed by atoms with van der Waals surface area (Å²) in [6.45, 7) is 5.41. The molecule has 3 atom stereocenters. The Bertz CT molecular complexity index is 816. The standard InChI is InChI=1S/C23H27NO5/c1-23(2,3)29-21(25)20-19(28-20)18(15-14-16-10-6-4-7-11-16)27-22(26)24-17-12-8-5-9-13-17/h4-13,18-20H,14-15H2,1-3H3,(H,24,26)/t18-,19+,20-/m1/s1. The van der Waals surface area contributed by atoms with Gasteiger partial charge < -0.3 is 14.2 Å². The molecule has 1 saturated heterocycles. The molecular weight excluding hydrogens is 370 g/mol. The van der Waals surface area contributed by atoms with E-state index in [2.05, 4.69) is 5.32 Å². The highest BCUT2D eigenvalue weighted by Gasteiger charge is 2.53. The first-order valence-corrected chi connectivity index (χ1v) is 9.77. The molecule has 1 fully saturated rings. The molecule has 1 aliphatic heterocycles. The Balaban J connectivity index is 1.62. The first-order valence-electron chi connectivity index (χ1n) is 9.77. The number of rotatable bonds is 7. The maximum atomic E-state index is 12.4. The molecule has 2 aromatic rings. The molecule has 29 heavy (non-hydrogen) atoms. The quantitative estimate of drug-likeness (QED) is 0.555. The van der Waals surface area contributed by atoms with Crippen LogP contribution >= 0.6 is 0 Å². The summed E-state index contributed by atoms with van der Waals surface area (Å²) in [5.74, 6) is -0.431. The predicted octanol–water partition coefficient (Wildman–Crippen LogP) is 4.35. The second-order valence-corrected chi connectivity index (χ2v) is 8.01. The number of ether oxygens (including phenoxy) is 3. The van der Waals surface area contributed by atoms with Gasteiger partial charge in [0.1, 0.15) is 17.8 Å². The summed E-state index contributed by atoms with van der Waals surface area (Å²) in [5.41, 5.74) is 1.16. The number of epoxide rings is 1. The van der Waals surface area contributed by atoms with Gasteiger partial charge in [-0.15, -0.1) is 0 Å². The van der Waals surface area contributed by atoms with Gasteiger partial charge in [-0.1, -0.05) is 48.5 Å². The van der Waals surface area contributed by atoms with Gasteiger partial charge in [-0.05, 0) is 51.3 Å². The fourth-order valence-corrected chi connectivity index (χ4v) is 3.01. The van der Waals surface area contributed by atoms with Crippen LogP contribution in [0.5, 0.6) is 0 Å². The van der Waals surface area contributed by atoms with E-state index in [1.165, 1.54) is 0 Å². The molecule has 6 nitrogen and oxygen atoms in total. The van der Waals surface area contributed by atoms with Crippen LogP contribution in [0.15, 0.2) is 60.7 Å². The Kier molecular flexibility index (Phi) is 6.54. The average Bonchev–Trinajstić information content (AvgIpc) is 3.46. The Labute approximate surface area is 171 Å². The van der Waals surface area contributed by atoms with Gasteiger partial charge in [0, 0.05) is 5.69 Å². The highest BCUT2D eigenvalue weighted by atomic mass is 16.7. The van der Waals surface area contributed by atoms with Crippen molar-refractivity contribution in [2.24, 2.45) is 0 Å². The molecule has 0 unspecified atom stereocenters. The number of carbonyl (C=O) groups excluding carboxylic acids is 2. The molecule has 0 spiro atoms. The topological polar surface area (TPSA) is 77.2 Å². The number of para-hydroxylation sites is 1. The van der Waals surface area contributed by atoms with Gasteiger partial charge in [-0.2, -0.15) is 0 Å². The molecule has 3 rings (SSSR count). The minimum Gasteiger partial charge on any atom is -0.458 e. The summed E-state index contributed by atoms with van der Waals surface area (Å²) in [6, 6.07) is 19.0. The van der Waals surface area contributed by atoms with Crippen molar-refractivity contribution in [1.82, 2.24) is 0 Å². The van der Waals surface area contributed by atoms with E-state index < -0.39 is 36.0 Å².